The number of carbonyl (C=O) groups is 8. The molecule has 1 aromatic heterocycles. The fourth-order valence-electron chi connectivity index (χ4n) is 5.48. The van der Waals surface area contributed by atoms with Gasteiger partial charge >= 0.3 is 11.9 Å². The predicted octanol–water partition coefficient (Wildman–Crippen LogP) is 1.66. The Hall–Kier alpha value is -6.53. The number of hydrogen-bond donors (Lipinski definition) is 5. The summed E-state index contributed by atoms with van der Waals surface area (Å²) in [6, 6.07) is 6.07. The van der Waals surface area contributed by atoms with Gasteiger partial charge in [0.1, 0.15) is 42.5 Å². The van der Waals surface area contributed by atoms with Crippen LogP contribution in [0, 0.1) is 23.5 Å². The van der Waals surface area contributed by atoms with Crippen LogP contribution in [0.5, 0.6) is 5.75 Å². The summed E-state index contributed by atoms with van der Waals surface area (Å²) in [7, 11) is 2.11. The van der Waals surface area contributed by atoms with Gasteiger partial charge in [0, 0.05) is 5.39 Å². The summed E-state index contributed by atoms with van der Waals surface area (Å²) in [6.45, 7) is 6.73. The molecular formula is C40H48F2N6O11. The maximum atomic E-state index is 14.0. The molecule has 0 saturated heterocycles. The molecule has 17 nitrogen and oxygen atoms in total. The number of ketones is 1. The van der Waals surface area contributed by atoms with Crippen molar-refractivity contribution in [3.8, 4) is 5.75 Å². The van der Waals surface area contributed by atoms with Crippen LogP contribution < -0.4 is 31.3 Å². The first-order chi connectivity index (χ1) is 27.9. The van der Waals surface area contributed by atoms with Crippen molar-refractivity contribution in [2.24, 2.45) is 11.8 Å². The van der Waals surface area contributed by atoms with Crippen LogP contribution >= 0.6 is 0 Å². The topological polar surface area (TPSA) is 237 Å². The van der Waals surface area contributed by atoms with Gasteiger partial charge in [0.15, 0.2) is 23.2 Å². The number of halogens is 2. The van der Waals surface area contributed by atoms with Gasteiger partial charge in [0.25, 0.3) is 5.91 Å². The van der Waals surface area contributed by atoms with Crippen LogP contribution in [0.2, 0.25) is 0 Å². The molecule has 2 aromatic carbocycles. The monoisotopic (exact) mass is 826 g/mol. The molecule has 0 fully saturated rings. The van der Waals surface area contributed by atoms with Crippen LogP contribution in [0.3, 0.4) is 0 Å². The van der Waals surface area contributed by atoms with E-state index in [9.17, 15) is 47.1 Å². The molecule has 0 aliphatic rings. The summed E-state index contributed by atoms with van der Waals surface area (Å²) in [5, 5.41) is 13.1. The van der Waals surface area contributed by atoms with Crippen LogP contribution in [0.4, 0.5) is 8.78 Å². The molecule has 0 aliphatic carbocycles. The highest BCUT2D eigenvalue weighted by molar-refractivity contribution is 6.00. The SMILES string of the molecule is COC(=O)C[C@H](NC(=O)[C@@H](NC(=O)c1ccc2ccccc2n1)C(C)C)C(=O)N[C@H](C(=O)N[C@@H](C)C(=O)N[C@H](CC(=O)OC)C(=O)COc1c(F)cccc1F)C(C)C. The molecule has 5 atom stereocenters. The Morgan fingerprint density at radius 2 is 1.15 bits per heavy atom. The molecule has 5 amide bonds. The number of Topliss-reactive ketones (excluding diaryl/α,β-unsaturated/α-hetero) is 1. The van der Waals surface area contributed by atoms with Gasteiger partial charge in [0.05, 0.1) is 32.6 Å². The third kappa shape index (κ3) is 13.5. The van der Waals surface area contributed by atoms with E-state index in [1.54, 1.807) is 45.9 Å². The van der Waals surface area contributed by atoms with E-state index in [0.29, 0.717) is 5.52 Å². The van der Waals surface area contributed by atoms with E-state index in [-0.39, 0.29) is 5.69 Å². The molecule has 0 spiro atoms. The largest absolute Gasteiger partial charge is 0.480 e. The van der Waals surface area contributed by atoms with Gasteiger partial charge in [0.2, 0.25) is 23.6 Å². The fraction of sp³-hybridized carbons (Fsp3) is 0.425. The van der Waals surface area contributed by atoms with Crippen molar-refractivity contribution >= 4 is 58.2 Å². The first-order valence-corrected chi connectivity index (χ1v) is 18.5. The van der Waals surface area contributed by atoms with Gasteiger partial charge in [-0.25, -0.2) is 13.8 Å². The molecule has 0 aliphatic heterocycles. The van der Waals surface area contributed by atoms with E-state index < -0.39 is 126 Å². The first-order valence-electron chi connectivity index (χ1n) is 18.5. The van der Waals surface area contributed by atoms with Crippen molar-refractivity contribution in [1.82, 2.24) is 31.6 Å². The standard InChI is InChI=1S/C40H48F2N6O11/c1-20(2)33(39(55)43-22(5)36(52)45-28(17-31(50)57-6)30(49)19-59-35-24(41)12-10-13-25(35)42)48-38(54)29(18-32(51)58-7)46-40(56)34(21(3)4)47-37(53)27-16-15-23-11-8-9-14-26(23)44-27/h8-16,20-22,28-29,33-34H,17-19H2,1-7H3,(H,43,55)(H,45,52)(H,46,56)(H,47,53)(H,48,54)/t22-,28+,29-,33-,34-/m0/s1. The van der Waals surface area contributed by atoms with Gasteiger partial charge in [-0.15, -0.1) is 0 Å². The number of pyridine rings is 1. The molecular weight excluding hydrogens is 778 g/mol. The maximum Gasteiger partial charge on any atom is 0.308 e. The van der Waals surface area contributed by atoms with Gasteiger partial charge in [-0.1, -0.05) is 58.0 Å². The highest BCUT2D eigenvalue weighted by Crippen LogP contribution is 2.21. The number of benzene rings is 2. The second kappa shape index (κ2) is 21.8. The molecule has 318 valence electrons. The third-order valence-electron chi connectivity index (χ3n) is 8.88. The van der Waals surface area contributed by atoms with E-state index >= 15 is 0 Å². The zero-order chi connectivity index (χ0) is 44.0. The number of nitrogens with one attached hydrogen (secondary N) is 5. The van der Waals surface area contributed by atoms with Crippen LogP contribution in [-0.4, -0.2) is 103 Å². The normalized spacial score (nSPS) is 13.5. The average molecular weight is 827 g/mol. The smallest absolute Gasteiger partial charge is 0.308 e. The van der Waals surface area contributed by atoms with Crippen LogP contribution in [0.1, 0.15) is 57.9 Å². The number of nitrogens with zero attached hydrogens (tertiary/aromatic N) is 1. The van der Waals surface area contributed by atoms with Gasteiger partial charge in [-0.05, 0) is 43.0 Å². The van der Waals surface area contributed by atoms with Gasteiger partial charge < -0.3 is 40.8 Å². The van der Waals surface area contributed by atoms with Crippen molar-refractivity contribution in [1.29, 1.82) is 0 Å². The molecule has 0 radical (unpaired) electrons. The Bertz CT molecular complexity index is 2030. The second-order valence-corrected chi connectivity index (χ2v) is 14.0. The summed E-state index contributed by atoms with van der Waals surface area (Å²) in [5.41, 5.74) is 0.593. The molecule has 0 unspecified atom stereocenters. The molecule has 5 N–H and O–H groups in total. The van der Waals surface area contributed by atoms with Crippen LogP contribution in [-0.2, 0) is 43.0 Å². The summed E-state index contributed by atoms with van der Waals surface area (Å²) in [4.78, 5) is 109. The summed E-state index contributed by atoms with van der Waals surface area (Å²) < 4.78 is 42.4. The Kier molecular flexibility index (Phi) is 17.3. The Balaban J connectivity index is 1.71. The van der Waals surface area contributed by atoms with E-state index in [2.05, 4.69) is 36.3 Å². The zero-order valence-electron chi connectivity index (χ0n) is 33.6. The minimum atomic E-state index is -1.60. The van der Waals surface area contributed by atoms with Crippen molar-refractivity contribution in [2.45, 2.75) is 77.7 Å². The highest BCUT2D eigenvalue weighted by atomic mass is 19.1. The maximum absolute atomic E-state index is 14.0. The number of rotatable bonds is 20. The zero-order valence-corrected chi connectivity index (χ0v) is 33.6. The third-order valence-corrected chi connectivity index (χ3v) is 8.88. The molecule has 0 saturated carbocycles. The minimum absolute atomic E-state index is 0.0377. The minimum Gasteiger partial charge on any atom is -0.480 e. The number of aromatic nitrogens is 1. The van der Waals surface area contributed by atoms with Gasteiger partial charge in [-0.3, -0.25) is 38.4 Å². The molecule has 3 aromatic rings. The number of methoxy groups -OCH3 is 2. The lowest BCUT2D eigenvalue weighted by atomic mass is 10.0. The number of carbonyl (C=O) groups excluding carboxylic acids is 8. The Labute approximate surface area is 338 Å². The van der Waals surface area contributed by atoms with Crippen molar-refractivity contribution < 1.29 is 61.3 Å². The van der Waals surface area contributed by atoms with Crippen LogP contribution in [0.15, 0.2) is 54.6 Å². The lowest BCUT2D eigenvalue weighted by Gasteiger charge is -2.28. The van der Waals surface area contributed by atoms with Crippen LogP contribution in [0.25, 0.3) is 10.9 Å². The number of para-hydroxylation sites is 2. The number of ether oxygens (including phenoxy) is 3. The van der Waals surface area contributed by atoms with Crippen molar-refractivity contribution in [3.05, 3.63) is 71.9 Å². The predicted molar refractivity (Wildman–Crippen MR) is 206 cm³/mol. The van der Waals surface area contributed by atoms with Crippen molar-refractivity contribution in [3.63, 3.8) is 0 Å². The number of fused-ring (bicyclic) bond motifs is 1. The first kappa shape index (κ1) is 46.8. The number of amides is 5. The molecule has 59 heavy (non-hydrogen) atoms. The second-order valence-electron chi connectivity index (χ2n) is 14.0. The summed E-state index contributed by atoms with van der Waals surface area (Å²) >= 11 is 0. The number of hydrogen-bond acceptors (Lipinski definition) is 12. The molecule has 3 rings (SSSR count). The van der Waals surface area contributed by atoms with E-state index in [0.717, 1.165) is 37.8 Å². The summed E-state index contributed by atoms with van der Waals surface area (Å²) in [5.74, 6) is -11.2. The molecule has 0 bridgehead atoms. The Morgan fingerprint density at radius 1 is 0.610 bits per heavy atom. The fourth-order valence-corrected chi connectivity index (χ4v) is 5.48. The molecule has 19 heteroatoms. The number of esters is 2. The van der Waals surface area contributed by atoms with Crippen molar-refractivity contribution in [2.75, 3.05) is 20.8 Å². The average Bonchev–Trinajstić information content (AvgIpc) is 3.19. The summed E-state index contributed by atoms with van der Waals surface area (Å²) in [6.07, 6.45) is -1.35. The lowest BCUT2D eigenvalue weighted by Crippen LogP contribution is -2.60. The Morgan fingerprint density at radius 3 is 1.75 bits per heavy atom. The quantitative estimate of drug-likeness (QED) is 0.102. The van der Waals surface area contributed by atoms with Gasteiger partial charge in [-0.2, -0.15) is 0 Å². The van der Waals surface area contributed by atoms with E-state index in [4.69, 9.17) is 9.47 Å². The molecule has 1 heterocycles. The van der Waals surface area contributed by atoms with E-state index in [1.165, 1.54) is 13.0 Å². The lowest BCUT2D eigenvalue weighted by molar-refractivity contribution is -0.144. The highest BCUT2D eigenvalue weighted by Gasteiger charge is 2.35. The van der Waals surface area contributed by atoms with E-state index in [1.807, 2.05) is 12.1 Å².